The molecule has 2 amide bonds. The Morgan fingerprint density at radius 1 is 0.867 bits per heavy atom. The Morgan fingerprint density at radius 2 is 1.37 bits per heavy atom. The number of amides is 2. The first kappa shape index (κ1) is 19.7. The summed E-state index contributed by atoms with van der Waals surface area (Å²) in [6.07, 6.45) is 1.42. The Balaban J connectivity index is 1.43. The predicted octanol–water partition coefficient (Wildman–Crippen LogP) is 2.18. The van der Waals surface area contributed by atoms with Gasteiger partial charge in [-0.15, -0.1) is 0 Å². The van der Waals surface area contributed by atoms with Gasteiger partial charge in [0.05, 0.1) is 5.69 Å². The molecule has 2 unspecified atom stereocenters. The van der Waals surface area contributed by atoms with Gasteiger partial charge in [0.2, 0.25) is 0 Å². The predicted molar refractivity (Wildman–Crippen MR) is 115 cm³/mol. The number of hydrogen-bond donors (Lipinski definition) is 4. The Bertz CT molecular complexity index is 936. The Morgan fingerprint density at radius 3 is 1.90 bits per heavy atom. The second-order valence-electron chi connectivity index (χ2n) is 7.63. The third kappa shape index (κ3) is 4.51. The minimum atomic E-state index is -0.102. The van der Waals surface area contributed by atoms with Gasteiger partial charge in [0.1, 0.15) is 0 Å². The summed E-state index contributed by atoms with van der Waals surface area (Å²) < 4.78 is 0. The van der Waals surface area contributed by atoms with Crippen molar-refractivity contribution < 1.29 is 9.59 Å². The maximum absolute atomic E-state index is 12.5. The van der Waals surface area contributed by atoms with Crippen molar-refractivity contribution in [3.05, 3.63) is 83.2 Å². The fourth-order valence-corrected chi connectivity index (χ4v) is 3.96. The average Bonchev–Trinajstić information content (AvgIpc) is 3.15. The molecule has 4 rings (SSSR count). The molecule has 154 valence electrons. The minimum absolute atomic E-state index is 0.0995. The molecule has 5 N–H and O–H groups in total. The van der Waals surface area contributed by atoms with Crippen molar-refractivity contribution in [2.24, 2.45) is 11.8 Å². The van der Waals surface area contributed by atoms with E-state index in [2.05, 4.69) is 20.6 Å². The summed E-state index contributed by atoms with van der Waals surface area (Å²) in [5.74, 6) is 0.499. The van der Waals surface area contributed by atoms with Crippen LogP contribution in [0.1, 0.15) is 32.1 Å². The zero-order chi connectivity index (χ0) is 20.9. The lowest BCUT2D eigenvalue weighted by atomic mass is 9.79. The molecule has 3 aromatic rings. The Kier molecular flexibility index (Phi) is 5.79. The van der Waals surface area contributed by atoms with Crippen LogP contribution in [-0.4, -0.2) is 34.9 Å². The summed E-state index contributed by atoms with van der Waals surface area (Å²) in [7, 11) is 0. The highest BCUT2D eigenvalue weighted by molar-refractivity contribution is 5.94. The molecule has 30 heavy (non-hydrogen) atoms. The third-order valence-electron chi connectivity index (χ3n) is 5.59. The number of nitrogen functional groups attached to an aromatic ring is 1. The van der Waals surface area contributed by atoms with Gasteiger partial charge in [-0.1, -0.05) is 36.4 Å². The van der Waals surface area contributed by atoms with Crippen LogP contribution in [-0.2, 0) is 12.8 Å². The van der Waals surface area contributed by atoms with Crippen molar-refractivity contribution in [1.29, 1.82) is 0 Å². The number of benzene rings is 2. The highest BCUT2D eigenvalue weighted by Crippen LogP contribution is 2.29. The van der Waals surface area contributed by atoms with Gasteiger partial charge in [0.25, 0.3) is 11.8 Å². The van der Waals surface area contributed by atoms with E-state index < -0.39 is 0 Å². The maximum Gasteiger partial charge on any atom is 0.251 e. The van der Waals surface area contributed by atoms with Crippen molar-refractivity contribution in [2.75, 3.05) is 18.8 Å². The van der Waals surface area contributed by atoms with E-state index in [4.69, 9.17) is 5.73 Å². The number of nitrogens with one attached hydrogen (secondary N) is 3. The molecule has 0 bridgehead atoms. The number of anilines is 1. The average molecular weight is 403 g/mol. The molecule has 0 aliphatic heterocycles. The van der Waals surface area contributed by atoms with E-state index in [0.717, 1.165) is 17.8 Å². The fraction of sp³-hybridized carbons (Fsp3) is 0.261. The summed E-state index contributed by atoms with van der Waals surface area (Å²) in [5.41, 5.74) is 9.06. The number of nitrogens with zero attached hydrogens (tertiary/aromatic N) is 1. The SMILES string of the molecule is Nc1nc2c([nH]1)CC(CNC(=O)c1ccccc1)C(CNC(=O)c1ccccc1)C2. The van der Waals surface area contributed by atoms with Crippen molar-refractivity contribution in [2.45, 2.75) is 12.8 Å². The van der Waals surface area contributed by atoms with Gasteiger partial charge in [-0.2, -0.15) is 0 Å². The zero-order valence-electron chi connectivity index (χ0n) is 16.6. The van der Waals surface area contributed by atoms with Crippen LogP contribution in [0, 0.1) is 11.8 Å². The number of hydrogen-bond acceptors (Lipinski definition) is 4. The topological polar surface area (TPSA) is 113 Å². The number of carbonyl (C=O) groups is 2. The maximum atomic E-state index is 12.5. The Hall–Kier alpha value is -3.61. The normalized spacial score (nSPS) is 17.7. The van der Waals surface area contributed by atoms with Crippen molar-refractivity contribution >= 4 is 17.8 Å². The number of rotatable bonds is 6. The quantitative estimate of drug-likeness (QED) is 0.505. The standard InChI is InChI=1S/C23H25N5O2/c24-23-27-19-11-17(13-25-21(29)15-7-3-1-4-8-15)18(12-20(19)28-23)14-26-22(30)16-9-5-2-6-10-16/h1-10,17-18H,11-14H2,(H,25,29)(H,26,30)(H3,24,27,28). The largest absolute Gasteiger partial charge is 0.369 e. The number of aromatic nitrogens is 2. The van der Waals surface area contributed by atoms with Crippen LogP contribution >= 0.6 is 0 Å². The molecule has 0 saturated heterocycles. The van der Waals surface area contributed by atoms with Crippen LogP contribution in [0.5, 0.6) is 0 Å². The first-order valence-electron chi connectivity index (χ1n) is 10.1. The second-order valence-corrected chi connectivity index (χ2v) is 7.63. The van der Waals surface area contributed by atoms with Crippen LogP contribution < -0.4 is 16.4 Å². The van der Waals surface area contributed by atoms with E-state index in [1.807, 2.05) is 36.4 Å². The molecule has 2 aromatic carbocycles. The van der Waals surface area contributed by atoms with E-state index in [0.29, 0.717) is 36.6 Å². The number of aromatic amines is 1. The molecule has 0 spiro atoms. The van der Waals surface area contributed by atoms with Crippen LogP contribution in [0.2, 0.25) is 0 Å². The van der Waals surface area contributed by atoms with Crippen molar-refractivity contribution in [3.8, 4) is 0 Å². The highest BCUT2D eigenvalue weighted by Gasteiger charge is 2.31. The van der Waals surface area contributed by atoms with E-state index >= 15 is 0 Å². The third-order valence-corrected chi connectivity index (χ3v) is 5.59. The number of nitrogens with two attached hydrogens (primary N) is 1. The molecule has 0 fully saturated rings. The van der Waals surface area contributed by atoms with E-state index in [-0.39, 0.29) is 23.7 Å². The number of H-pyrrole nitrogens is 1. The van der Waals surface area contributed by atoms with E-state index in [1.165, 1.54) is 0 Å². The summed E-state index contributed by atoms with van der Waals surface area (Å²) >= 11 is 0. The van der Waals surface area contributed by atoms with Gasteiger partial charge in [-0.05, 0) is 48.9 Å². The fourth-order valence-electron chi connectivity index (χ4n) is 3.96. The van der Waals surface area contributed by atoms with Crippen LogP contribution in [0.15, 0.2) is 60.7 Å². The molecule has 1 aliphatic carbocycles. The van der Waals surface area contributed by atoms with Crippen LogP contribution in [0.3, 0.4) is 0 Å². The lowest BCUT2D eigenvalue weighted by Crippen LogP contribution is -2.42. The summed E-state index contributed by atoms with van der Waals surface area (Å²) in [5, 5.41) is 6.07. The number of carbonyl (C=O) groups excluding carboxylic acids is 2. The van der Waals surface area contributed by atoms with Gasteiger partial charge >= 0.3 is 0 Å². The molecule has 1 aliphatic rings. The zero-order valence-corrected chi connectivity index (χ0v) is 16.6. The molecular weight excluding hydrogens is 378 g/mol. The molecule has 1 heterocycles. The second kappa shape index (κ2) is 8.82. The van der Waals surface area contributed by atoms with Gasteiger partial charge in [-0.25, -0.2) is 4.98 Å². The van der Waals surface area contributed by atoms with Gasteiger partial charge < -0.3 is 21.4 Å². The Labute approximate surface area is 175 Å². The summed E-state index contributed by atoms with van der Waals surface area (Å²) in [6, 6.07) is 18.3. The monoisotopic (exact) mass is 403 g/mol. The lowest BCUT2D eigenvalue weighted by Gasteiger charge is -2.31. The van der Waals surface area contributed by atoms with Gasteiger partial charge in [0, 0.05) is 29.9 Å². The van der Waals surface area contributed by atoms with E-state index in [9.17, 15) is 9.59 Å². The summed E-state index contributed by atoms with van der Waals surface area (Å²) in [4.78, 5) is 32.5. The lowest BCUT2D eigenvalue weighted by molar-refractivity contribution is 0.0915. The number of imidazole rings is 1. The molecule has 0 radical (unpaired) electrons. The summed E-state index contributed by atoms with van der Waals surface area (Å²) in [6.45, 7) is 1.02. The smallest absolute Gasteiger partial charge is 0.251 e. The first-order valence-corrected chi connectivity index (χ1v) is 10.1. The minimum Gasteiger partial charge on any atom is -0.369 e. The molecule has 1 aromatic heterocycles. The van der Waals surface area contributed by atoms with Crippen molar-refractivity contribution in [1.82, 2.24) is 20.6 Å². The molecule has 7 heteroatoms. The van der Waals surface area contributed by atoms with Gasteiger partial charge in [-0.3, -0.25) is 9.59 Å². The molecule has 2 atom stereocenters. The van der Waals surface area contributed by atoms with Crippen molar-refractivity contribution in [3.63, 3.8) is 0 Å². The van der Waals surface area contributed by atoms with Crippen LogP contribution in [0.25, 0.3) is 0 Å². The first-order chi connectivity index (χ1) is 14.6. The molecule has 0 saturated carbocycles. The van der Waals surface area contributed by atoms with E-state index in [1.54, 1.807) is 24.3 Å². The molecule has 7 nitrogen and oxygen atoms in total. The highest BCUT2D eigenvalue weighted by atomic mass is 16.2. The number of fused-ring (bicyclic) bond motifs is 1. The van der Waals surface area contributed by atoms with Crippen LogP contribution in [0.4, 0.5) is 5.95 Å². The van der Waals surface area contributed by atoms with Gasteiger partial charge in [0.15, 0.2) is 5.95 Å². The molecular formula is C23H25N5O2.